The molecule has 0 fully saturated rings. The highest BCUT2D eigenvalue weighted by Gasteiger charge is 2.13. The van der Waals surface area contributed by atoms with E-state index in [9.17, 15) is 9.59 Å². The van der Waals surface area contributed by atoms with Crippen LogP contribution in [0.5, 0.6) is 0 Å². The third-order valence-electron chi connectivity index (χ3n) is 2.43. The summed E-state index contributed by atoms with van der Waals surface area (Å²) in [4.78, 5) is 21.7. The molecular weight excluding hydrogens is 210 g/mol. The minimum absolute atomic E-state index is 0.165. The molecule has 0 saturated heterocycles. The molecule has 1 amide bonds. The van der Waals surface area contributed by atoms with E-state index in [4.69, 9.17) is 5.11 Å². The SMILES string of the molecule is Cc1nn(C)c(C)c1CC(=O)NCC(=O)O. The topological polar surface area (TPSA) is 84.2 Å². The second-order valence-corrected chi connectivity index (χ2v) is 3.62. The first kappa shape index (κ1) is 12.2. The van der Waals surface area contributed by atoms with Crippen LogP contribution in [0, 0.1) is 13.8 Å². The van der Waals surface area contributed by atoms with Gasteiger partial charge in [0, 0.05) is 18.3 Å². The van der Waals surface area contributed by atoms with Crippen molar-refractivity contribution in [2.45, 2.75) is 20.3 Å². The molecular formula is C10H15N3O3. The molecule has 1 aromatic heterocycles. The Morgan fingerprint density at radius 1 is 1.44 bits per heavy atom. The predicted octanol–water partition coefficient (Wildman–Crippen LogP) is -0.220. The largest absolute Gasteiger partial charge is 0.480 e. The molecule has 1 rings (SSSR count). The van der Waals surface area contributed by atoms with Crippen LogP contribution < -0.4 is 5.32 Å². The Bertz CT molecular complexity index is 423. The smallest absolute Gasteiger partial charge is 0.322 e. The van der Waals surface area contributed by atoms with E-state index in [0.29, 0.717) is 0 Å². The molecule has 0 saturated carbocycles. The van der Waals surface area contributed by atoms with Crippen molar-refractivity contribution in [3.63, 3.8) is 0 Å². The van der Waals surface area contributed by atoms with E-state index in [1.807, 2.05) is 13.8 Å². The molecule has 1 heterocycles. The number of carboxylic acids is 1. The van der Waals surface area contributed by atoms with E-state index in [-0.39, 0.29) is 18.9 Å². The molecule has 6 heteroatoms. The fourth-order valence-corrected chi connectivity index (χ4v) is 1.47. The van der Waals surface area contributed by atoms with Gasteiger partial charge in [0.15, 0.2) is 0 Å². The van der Waals surface area contributed by atoms with Crippen LogP contribution in [0.2, 0.25) is 0 Å². The average molecular weight is 225 g/mol. The number of rotatable bonds is 4. The van der Waals surface area contributed by atoms with Crippen molar-refractivity contribution in [2.24, 2.45) is 7.05 Å². The maximum absolute atomic E-state index is 11.4. The van der Waals surface area contributed by atoms with E-state index in [1.54, 1.807) is 11.7 Å². The lowest BCUT2D eigenvalue weighted by Gasteiger charge is -2.03. The summed E-state index contributed by atoms with van der Waals surface area (Å²) >= 11 is 0. The predicted molar refractivity (Wildman–Crippen MR) is 57.0 cm³/mol. The van der Waals surface area contributed by atoms with E-state index < -0.39 is 5.97 Å². The van der Waals surface area contributed by atoms with Crippen molar-refractivity contribution in [1.82, 2.24) is 15.1 Å². The molecule has 0 bridgehead atoms. The number of aliphatic carboxylic acids is 1. The Morgan fingerprint density at radius 3 is 2.50 bits per heavy atom. The first-order valence-electron chi connectivity index (χ1n) is 4.89. The molecule has 0 aliphatic carbocycles. The minimum atomic E-state index is -1.05. The first-order chi connectivity index (χ1) is 7.41. The van der Waals surface area contributed by atoms with Crippen molar-refractivity contribution in [3.05, 3.63) is 17.0 Å². The van der Waals surface area contributed by atoms with Crippen molar-refractivity contribution >= 4 is 11.9 Å². The van der Waals surface area contributed by atoms with Gasteiger partial charge in [-0.1, -0.05) is 0 Å². The summed E-state index contributed by atoms with van der Waals surface area (Å²) in [5.74, 6) is -1.35. The van der Waals surface area contributed by atoms with Gasteiger partial charge in [-0.15, -0.1) is 0 Å². The fourth-order valence-electron chi connectivity index (χ4n) is 1.47. The molecule has 2 N–H and O–H groups in total. The van der Waals surface area contributed by atoms with Gasteiger partial charge in [0.2, 0.25) is 5.91 Å². The lowest BCUT2D eigenvalue weighted by molar-refractivity contribution is -0.137. The van der Waals surface area contributed by atoms with Crippen molar-refractivity contribution in [2.75, 3.05) is 6.54 Å². The highest BCUT2D eigenvalue weighted by atomic mass is 16.4. The number of aromatic nitrogens is 2. The van der Waals surface area contributed by atoms with Crippen LogP contribution >= 0.6 is 0 Å². The third-order valence-corrected chi connectivity index (χ3v) is 2.43. The van der Waals surface area contributed by atoms with Gasteiger partial charge in [-0.25, -0.2) is 0 Å². The summed E-state index contributed by atoms with van der Waals surface area (Å²) in [7, 11) is 1.81. The minimum Gasteiger partial charge on any atom is -0.480 e. The zero-order chi connectivity index (χ0) is 12.3. The summed E-state index contributed by atoms with van der Waals surface area (Å²) in [6, 6.07) is 0. The Morgan fingerprint density at radius 2 is 2.06 bits per heavy atom. The maximum Gasteiger partial charge on any atom is 0.322 e. The van der Waals surface area contributed by atoms with Gasteiger partial charge in [0.05, 0.1) is 12.1 Å². The summed E-state index contributed by atoms with van der Waals surface area (Å²) < 4.78 is 1.70. The summed E-state index contributed by atoms with van der Waals surface area (Å²) in [5.41, 5.74) is 2.57. The number of nitrogens with zero attached hydrogens (tertiary/aromatic N) is 2. The molecule has 0 aliphatic heterocycles. The molecule has 6 nitrogen and oxygen atoms in total. The second-order valence-electron chi connectivity index (χ2n) is 3.62. The van der Waals surface area contributed by atoms with E-state index in [2.05, 4.69) is 10.4 Å². The number of amides is 1. The molecule has 0 unspecified atom stereocenters. The standard InChI is InChI=1S/C10H15N3O3/c1-6-8(7(2)13(3)12-6)4-9(14)11-5-10(15)16/h4-5H2,1-3H3,(H,11,14)(H,15,16). The third kappa shape index (κ3) is 2.82. The summed E-state index contributed by atoms with van der Waals surface area (Å²) in [6.45, 7) is 3.35. The molecule has 0 atom stereocenters. The average Bonchev–Trinajstić information content (AvgIpc) is 2.42. The Labute approximate surface area is 93.3 Å². The molecule has 0 spiro atoms. The lowest BCUT2D eigenvalue weighted by atomic mass is 10.1. The monoisotopic (exact) mass is 225 g/mol. The zero-order valence-corrected chi connectivity index (χ0v) is 9.57. The Hall–Kier alpha value is -1.85. The van der Waals surface area contributed by atoms with Gasteiger partial charge in [-0.2, -0.15) is 5.10 Å². The molecule has 0 radical (unpaired) electrons. The fraction of sp³-hybridized carbons (Fsp3) is 0.500. The summed E-state index contributed by atoms with van der Waals surface area (Å²) in [5, 5.41) is 14.9. The molecule has 1 aromatic rings. The Balaban J connectivity index is 2.66. The Kier molecular flexibility index (Phi) is 3.65. The van der Waals surface area contributed by atoms with Crippen LogP contribution in [-0.4, -0.2) is 33.3 Å². The quantitative estimate of drug-likeness (QED) is 0.742. The van der Waals surface area contributed by atoms with E-state index in [0.717, 1.165) is 17.0 Å². The van der Waals surface area contributed by atoms with Crippen molar-refractivity contribution in [3.8, 4) is 0 Å². The van der Waals surface area contributed by atoms with Crippen LogP contribution in [-0.2, 0) is 23.1 Å². The highest BCUT2D eigenvalue weighted by molar-refractivity contribution is 5.83. The van der Waals surface area contributed by atoms with Crippen LogP contribution in [0.25, 0.3) is 0 Å². The van der Waals surface area contributed by atoms with Crippen molar-refractivity contribution < 1.29 is 14.7 Å². The van der Waals surface area contributed by atoms with E-state index in [1.165, 1.54) is 0 Å². The summed E-state index contributed by atoms with van der Waals surface area (Å²) in [6.07, 6.45) is 0.165. The van der Waals surface area contributed by atoms with Gasteiger partial charge in [-0.05, 0) is 13.8 Å². The number of carboxylic acid groups (broad SMARTS) is 1. The van der Waals surface area contributed by atoms with Crippen LogP contribution in [0.3, 0.4) is 0 Å². The number of hydrogen-bond donors (Lipinski definition) is 2. The molecule has 0 aliphatic rings. The van der Waals surface area contributed by atoms with Gasteiger partial charge >= 0.3 is 5.97 Å². The molecule has 88 valence electrons. The normalized spacial score (nSPS) is 10.2. The van der Waals surface area contributed by atoms with Gasteiger partial charge in [-0.3, -0.25) is 14.3 Å². The number of carbonyl (C=O) groups is 2. The highest BCUT2D eigenvalue weighted by Crippen LogP contribution is 2.12. The maximum atomic E-state index is 11.4. The van der Waals surface area contributed by atoms with Crippen LogP contribution in [0.15, 0.2) is 0 Å². The second kappa shape index (κ2) is 4.78. The van der Waals surface area contributed by atoms with Gasteiger partial charge < -0.3 is 10.4 Å². The van der Waals surface area contributed by atoms with Crippen LogP contribution in [0.4, 0.5) is 0 Å². The van der Waals surface area contributed by atoms with E-state index >= 15 is 0 Å². The zero-order valence-electron chi connectivity index (χ0n) is 9.57. The van der Waals surface area contributed by atoms with Gasteiger partial charge in [0.25, 0.3) is 0 Å². The molecule has 0 aromatic carbocycles. The number of hydrogen-bond acceptors (Lipinski definition) is 3. The van der Waals surface area contributed by atoms with Crippen LogP contribution in [0.1, 0.15) is 17.0 Å². The lowest BCUT2D eigenvalue weighted by Crippen LogP contribution is -2.30. The number of aryl methyl sites for hydroxylation is 2. The van der Waals surface area contributed by atoms with Gasteiger partial charge in [0.1, 0.15) is 6.54 Å². The van der Waals surface area contributed by atoms with Crippen molar-refractivity contribution in [1.29, 1.82) is 0 Å². The first-order valence-corrected chi connectivity index (χ1v) is 4.89. The number of carbonyl (C=O) groups excluding carboxylic acids is 1. The number of nitrogens with one attached hydrogen (secondary N) is 1. The molecule has 16 heavy (non-hydrogen) atoms.